The highest BCUT2D eigenvalue weighted by molar-refractivity contribution is 6.30. The molecule has 0 saturated heterocycles. The number of benzene rings is 3. The second-order valence-electron chi connectivity index (χ2n) is 9.46. The highest BCUT2D eigenvalue weighted by Crippen LogP contribution is 2.36. The Morgan fingerprint density at radius 1 is 0.895 bits per heavy atom. The van der Waals surface area contributed by atoms with Gasteiger partial charge in [0.25, 0.3) is 5.91 Å². The van der Waals surface area contributed by atoms with Crippen LogP contribution in [0, 0.1) is 17.2 Å². The number of fused-ring (bicyclic) bond motifs is 1. The molecule has 1 aliphatic heterocycles. The highest BCUT2D eigenvalue weighted by atomic mass is 35.5. The molecule has 10 heteroatoms. The lowest BCUT2D eigenvalue weighted by Crippen LogP contribution is -2.50. The van der Waals surface area contributed by atoms with Crippen LogP contribution in [0.4, 0.5) is 15.8 Å². The summed E-state index contributed by atoms with van der Waals surface area (Å²) in [5.41, 5.74) is 0.489. The van der Waals surface area contributed by atoms with E-state index in [-0.39, 0.29) is 35.1 Å². The Hall–Kier alpha value is -4.24. The Morgan fingerprint density at radius 3 is 2.29 bits per heavy atom. The molecule has 1 aliphatic rings. The number of amides is 4. The van der Waals surface area contributed by atoms with Gasteiger partial charge in [-0.3, -0.25) is 19.2 Å². The lowest BCUT2D eigenvalue weighted by molar-refractivity contribution is -0.144. The van der Waals surface area contributed by atoms with Gasteiger partial charge in [-0.15, -0.1) is 0 Å². The van der Waals surface area contributed by atoms with Crippen molar-refractivity contribution in [2.45, 2.75) is 26.9 Å². The number of carbonyl (C=O) groups is 4. The van der Waals surface area contributed by atoms with Gasteiger partial charge in [0.1, 0.15) is 11.7 Å². The van der Waals surface area contributed by atoms with E-state index in [2.05, 4.69) is 21.3 Å². The molecule has 1 atom stereocenters. The van der Waals surface area contributed by atoms with Gasteiger partial charge in [-0.2, -0.15) is 0 Å². The quantitative estimate of drug-likeness (QED) is 0.338. The smallest absolute Gasteiger partial charge is 0.253 e. The molecular formula is C28H26ClFN4O4. The SMILES string of the molecule is CC(C)(C(=O)NCc1ccccc1)C1C(=O)Nc2cccc(C(=O)NCc3ccc(F)c(Cl)c3)c2NC1=O. The lowest BCUT2D eigenvalue weighted by Gasteiger charge is -2.29. The van der Waals surface area contributed by atoms with E-state index in [1.165, 1.54) is 38.1 Å². The molecule has 4 N–H and O–H groups in total. The molecule has 4 amide bonds. The fourth-order valence-corrected chi connectivity index (χ4v) is 4.42. The van der Waals surface area contributed by atoms with Gasteiger partial charge in [0, 0.05) is 13.1 Å². The minimum absolute atomic E-state index is 0.0556. The molecule has 4 rings (SSSR count). The monoisotopic (exact) mass is 536 g/mol. The largest absolute Gasteiger partial charge is 0.352 e. The normalized spacial score (nSPS) is 15.0. The summed E-state index contributed by atoms with van der Waals surface area (Å²) in [6.07, 6.45) is 0. The van der Waals surface area contributed by atoms with E-state index >= 15 is 0 Å². The fraction of sp³-hybridized carbons (Fsp3) is 0.214. The molecule has 38 heavy (non-hydrogen) atoms. The zero-order chi connectivity index (χ0) is 27.4. The average Bonchev–Trinajstić information content (AvgIpc) is 3.02. The van der Waals surface area contributed by atoms with Gasteiger partial charge in [0.2, 0.25) is 17.7 Å². The van der Waals surface area contributed by atoms with E-state index in [4.69, 9.17) is 11.6 Å². The van der Waals surface area contributed by atoms with Gasteiger partial charge in [-0.05, 0) is 49.2 Å². The minimum atomic E-state index is -1.41. The van der Waals surface area contributed by atoms with Crippen LogP contribution in [0.15, 0.2) is 66.7 Å². The average molecular weight is 537 g/mol. The van der Waals surface area contributed by atoms with Crippen LogP contribution in [0.1, 0.15) is 35.3 Å². The van der Waals surface area contributed by atoms with Crippen molar-refractivity contribution >= 4 is 46.6 Å². The third kappa shape index (κ3) is 5.68. The topological polar surface area (TPSA) is 116 Å². The first-order valence-electron chi connectivity index (χ1n) is 11.9. The van der Waals surface area contributed by atoms with Crippen molar-refractivity contribution in [3.05, 3.63) is 94.3 Å². The van der Waals surface area contributed by atoms with Gasteiger partial charge in [0.05, 0.1) is 27.4 Å². The predicted molar refractivity (Wildman–Crippen MR) is 142 cm³/mol. The number of para-hydroxylation sites is 1. The summed E-state index contributed by atoms with van der Waals surface area (Å²) in [5.74, 6) is -4.33. The maximum absolute atomic E-state index is 13.4. The van der Waals surface area contributed by atoms with E-state index in [1.54, 1.807) is 12.1 Å². The molecule has 0 bridgehead atoms. The summed E-state index contributed by atoms with van der Waals surface area (Å²) >= 11 is 5.81. The van der Waals surface area contributed by atoms with Crippen LogP contribution in [0.3, 0.4) is 0 Å². The van der Waals surface area contributed by atoms with E-state index < -0.39 is 40.8 Å². The molecule has 8 nitrogen and oxygen atoms in total. The molecule has 1 unspecified atom stereocenters. The van der Waals surface area contributed by atoms with Gasteiger partial charge in [-0.25, -0.2) is 4.39 Å². The number of rotatable bonds is 7. The number of nitrogens with one attached hydrogen (secondary N) is 4. The zero-order valence-corrected chi connectivity index (χ0v) is 21.5. The lowest BCUT2D eigenvalue weighted by atomic mass is 9.76. The summed E-state index contributed by atoms with van der Waals surface area (Å²) in [7, 11) is 0. The first-order valence-corrected chi connectivity index (χ1v) is 12.2. The number of carbonyl (C=O) groups excluding carboxylic acids is 4. The standard InChI is InChI=1S/C28H26ClFN4O4/c1-28(2,27(38)32-14-16-7-4-3-5-8-16)22-25(36)33-21-10-6-9-18(23(21)34-26(22)37)24(35)31-15-17-11-12-20(30)19(29)13-17/h3-13,22H,14-15H2,1-2H3,(H,31,35)(H,32,38)(H,33,36)(H,34,37). The number of hydrogen-bond acceptors (Lipinski definition) is 4. The molecule has 1 heterocycles. The van der Waals surface area contributed by atoms with Crippen LogP contribution in [-0.2, 0) is 27.5 Å². The van der Waals surface area contributed by atoms with Crippen molar-refractivity contribution in [2.24, 2.45) is 11.3 Å². The van der Waals surface area contributed by atoms with Gasteiger partial charge in [-0.1, -0.05) is 54.1 Å². The van der Waals surface area contributed by atoms with Gasteiger partial charge >= 0.3 is 0 Å². The maximum atomic E-state index is 13.4. The van der Waals surface area contributed by atoms with Crippen molar-refractivity contribution in [3.8, 4) is 0 Å². The van der Waals surface area contributed by atoms with Crippen LogP contribution in [0.2, 0.25) is 5.02 Å². The fourth-order valence-electron chi connectivity index (χ4n) is 4.22. The summed E-state index contributed by atoms with van der Waals surface area (Å²) in [6, 6.07) is 18.0. The van der Waals surface area contributed by atoms with Crippen molar-refractivity contribution in [1.82, 2.24) is 10.6 Å². The number of hydrogen-bond donors (Lipinski definition) is 4. The number of anilines is 2. The summed E-state index contributed by atoms with van der Waals surface area (Å²) in [5, 5.41) is 10.8. The van der Waals surface area contributed by atoms with E-state index in [0.29, 0.717) is 5.56 Å². The van der Waals surface area contributed by atoms with Crippen molar-refractivity contribution in [3.63, 3.8) is 0 Å². The first-order chi connectivity index (χ1) is 18.1. The second kappa shape index (κ2) is 11.0. The van der Waals surface area contributed by atoms with Gasteiger partial charge in [0.15, 0.2) is 0 Å². The van der Waals surface area contributed by atoms with Crippen LogP contribution in [0.25, 0.3) is 0 Å². The van der Waals surface area contributed by atoms with E-state index in [1.807, 2.05) is 30.3 Å². The Labute approximate surface area is 224 Å². The second-order valence-corrected chi connectivity index (χ2v) is 9.87. The van der Waals surface area contributed by atoms with Crippen LogP contribution in [0.5, 0.6) is 0 Å². The van der Waals surface area contributed by atoms with Crippen molar-refractivity contribution in [2.75, 3.05) is 10.6 Å². The molecule has 0 spiro atoms. The Bertz CT molecular complexity index is 1410. The molecule has 3 aromatic rings. The van der Waals surface area contributed by atoms with Crippen molar-refractivity contribution in [1.29, 1.82) is 0 Å². The summed E-state index contributed by atoms with van der Waals surface area (Å²) in [6.45, 7) is 3.34. The highest BCUT2D eigenvalue weighted by Gasteiger charge is 2.47. The summed E-state index contributed by atoms with van der Waals surface area (Å²) in [4.78, 5) is 52.6. The minimum Gasteiger partial charge on any atom is -0.352 e. The van der Waals surface area contributed by atoms with Crippen LogP contribution >= 0.6 is 11.6 Å². The molecule has 0 aliphatic carbocycles. The predicted octanol–water partition coefficient (Wildman–Crippen LogP) is 4.26. The van der Waals surface area contributed by atoms with Crippen LogP contribution < -0.4 is 21.3 Å². The third-order valence-corrected chi connectivity index (χ3v) is 6.67. The third-order valence-electron chi connectivity index (χ3n) is 6.38. The Morgan fingerprint density at radius 2 is 1.58 bits per heavy atom. The molecular weight excluding hydrogens is 511 g/mol. The molecule has 0 radical (unpaired) electrons. The first kappa shape index (κ1) is 26.8. The molecule has 0 fully saturated rings. The zero-order valence-electron chi connectivity index (χ0n) is 20.7. The summed E-state index contributed by atoms with van der Waals surface area (Å²) < 4.78 is 13.4. The molecule has 196 valence electrons. The Kier molecular flexibility index (Phi) is 7.78. The van der Waals surface area contributed by atoms with E-state index in [9.17, 15) is 23.6 Å². The maximum Gasteiger partial charge on any atom is 0.253 e. The van der Waals surface area contributed by atoms with Crippen molar-refractivity contribution < 1.29 is 23.6 Å². The number of halogens is 2. The Balaban J connectivity index is 1.51. The molecule has 3 aromatic carbocycles. The van der Waals surface area contributed by atoms with E-state index in [0.717, 1.165) is 5.56 Å². The van der Waals surface area contributed by atoms with Gasteiger partial charge < -0.3 is 21.3 Å². The molecule has 0 saturated carbocycles. The molecule has 0 aromatic heterocycles. The van der Waals surface area contributed by atoms with Crippen LogP contribution in [-0.4, -0.2) is 23.6 Å².